The molecule has 0 radical (unpaired) electrons. The predicted octanol–water partition coefficient (Wildman–Crippen LogP) is 4.83. The van der Waals surface area contributed by atoms with E-state index in [2.05, 4.69) is 10.5 Å². The predicted molar refractivity (Wildman–Crippen MR) is 108 cm³/mol. The SMILES string of the molecule is C[C@@H](Sc1ccc(Cl)cc1)C(=O)N/N=C\c1c(O)ccc2ccccc12. The number of carbonyl (C=O) groups is 1. The van der Waals surface area contributed by atoms with E-state index in [-0.39, 0.29) is 16.9 Å². The molecule has 26 heavy (non-hydrogen) atoms. The second kappa shape index (κ2) is 8.25. The molecule has 0 aliphatic rings. The summed E-state index contributed by atoms with van der Waals surface area (Å²) < 4.78 is 0. The first-order valence-electron chi connectivity index (χ1n) is 8.00. The minimum Gasteiger partial charge on any atom is -0.507 e. The molecule has 3 aromatic carbocycles. The summed E-state index contributed by atoms with van der Waals surface area (Å²) in [6, 6.07) is 18.4. The fraction of sp³-hybridized carbons (Fsp3) is 0.100. The summed E-state index contributed by atoms with van der Waals surface area (Å²) in [4.78, 5) is 13.2. The van der Waals surface area contributed by atoms with Crippen molar-refractivity contribution in [2.45, 2.75) is 17.1 Å². The van der Waals surface area contributed by atoms with E-state index in [1.54, 1.807) is 25.1 Å². The first-order valence-corrected chi connectivity index (χ1v) is 9.26. The first-order chi connectivity index (χ1) is 12.5. The number of fused-ring (bicyclic) bond motifs is 1. The number of thioether (sulfide) groups is 1. The highest BCUT2D eigenvalue weighted by Gasteiger charge is 2.13. The van der Waals surface area contributed by atoms with Gasteiger partial charge in [0.15, 0.2) is 0 Å². The zero-order valence-corrected chi connectivity index (χ0v) is 15.6. The van der Waals surface area contributed by atoms with Gasteiger partial charge in [-0.25, -0.2) is 5.43 Å². The fourth-order valence-corrected chi connectivity index (χ4v) is 3.43. The van der Waals surface area contributed by atoms with E-state index in [1.165, 1.54) is 18.0 Å². The molecule has 0 aliphatic carbocycles. The summed E-state index contributed by atoms with van der Waals surface area (Å²) in [5, 5.41) is 16.3. The van der Waals surface area contributed by atoms with Crippen molar-refractivity contribution in [1.29, 1.82) is 0 Å². The Labute approximate surface area is 160 Å². The molecule has 4 nitrogen and oxygen atoms in total. The third-order valence-corrected chi connectivity index (χ3v) is 5.18. The molecular formula is C20H17ClN2O2S. The maximum atomic E-state index is 12.2. The summed E-state index contributed by atoms with van der Waals surface area (Å²) >= 11 is 7.28. The van der Waals surface area contributed by atoms with Crippen LogP contribution in [0.25, 0.3) is 10.8 Å². The number of phenolic OH excluding ortho intramolecular Hbond substituents is 1. The van der Waals surface area contributed by atoms with Crippen LogP contribution >= 0.6 is 23.4 Å². The molecule has 0 spiro atoms. The minimum atomic E-state index is -0.325. The van der Waals surface area contributed by atoms with Gasteiger partial charge in [-0.2, -0.15) is 5.10 Å². The number of phenols is 1. The van der Waals surface area contributed by atoms with Crippen LogP contribution in [-0.4, -0.2) is 22.5 Å². The van der Waals surface area contributed by atoms with Gasteiger partial charge >= 0.3 is 0 Å². The van der Waals surface area contributed by atoms with Crippen LogP contribution in [0.2, 0.25) is 5.02 Å². The third-order valence-electron chi connectivity index (χ3n) is 3.81. The molecule has 0 saturated carbocycles. The highest BCUT2D eigenvalue weighted by Crippen LogP contribution is 2.26. The lowest BCUT2D eigenvalue weighted by Gasteiger charge is -2.09. The molecule has 0 unspecified atom stereocenters. The molecule has 132 valence electrons. The van der Waals surface area contributed by atoms with Crippen LogP contribution in [0.5, 0.6) is 5.75 Å². The molecule has 2 N–H and O–H groups in total. The third kappa shape index (κ3) is 4.36. The first kappa shape index (κ1) is 18.3. The van der Waals surface area contributed by atoms with E-state index in [1.807, 2.05) is 42.5 Å². The van der Waals surface area contributed by atoms with Crippen molar-refractivity contribution in [1.82, 2.24) is 5.43 Å². The summed E-state index contributed by atoms with van der Waals surface area (Å²) in [6.45, 7) is 1.81. The maximum Gasteiger partial charge on any atom is 0.253 e. The number of nitrogens with zero attached hydrogens (tertiary/aromatic N) is 1. The quantitative estimate of drug-likeness (QED) is 0.376. The van der Waals surface area contributed by atoms with E-state index in [9.17, 15) is 9.90 Å². The zero-order valence-electron chi connectivity index (χ0n) is 14.0. The van der Waals surface area contributed by atoms with Crippen molar-refractivity contribution >= 4 is 46.3 Å². The van der Waals surface area contributed by atoms with Crippen molar-refractivity contribution in [3.8, 4) is 5.75 Å². The number of nitrogens with one attached hydrogen (secondary N) is 1. The Balaban J connectivity index is 1.67. The van der Waals surface area contributed by atoms with Gasteiger partial charge in [-0.1, -0.05) is 41.9 Å². The van der Waals surface area contributed by atoms with Gasteiger partial charge in [-0.3, -0.25) is 4.79 Å². The Morgan fingerprint density at radius 2 is 1.88 bits per heavy atom. The van der Waals surface area contributed by atoms with E-state index in [0.29, 0.717) is 10.6 Å². The van der Waals surface area contributed by atoms with Gasteiger partial charge in [-0.15, -0.1) is 11.8 Å². The molecule has 1 atom stereocenters. The standard InChI is InChI=1S/C20H17ClN2O2S/c1-13(26-16-9-7-15(21)8-10-16)20(25)23-22-12-18-17-5-3-2-4-14(17)6-11-19(18)24/h2-13,24H,1H3,(H,23,25)/b22-12-/t13-/m1/s1. The zero-order chi connectivity index (χ0) is 18.5. The monoisotopic (exact) mass is 384 g/mol. The van der Waals surface area contributed by atoms with Crippen LogP contribution in [0, 0.1) is 0 Å². The molecule has 3 aromatic rings. The van der Waals surface area contributed by atoms with Gasteiger partial charge in [0.25, 0.3) is 5.91 Å². The normalized spacial score (nSPS) is 12.4. The molecule has 0 bridgehead atoms. The van der Waals surface area contributed by atoms with Gasteiger partial charge in [0, 0.05) is 15.5 Å². The number of carbonyl (C=O) groups excluding carboxylic acids is 1. The van der Waals surface area contributed by atoms with Gasteiger partial charge in [0.05, 0.1) is 11.5 Å². The average molecular weight is 385 g/mol. The molecular weight excluding hydrogens is 368 g/mol. The van der Waals surface area contributed by atoms with E-state index in [4.69, 9.17) is 11.6 Å². The smallest absolute Gasteiger partial charge is 0.253 e. The van der Waals surface area contributed by atoms with Crippen LogP contribution in [0.1, 0.15) is 12.5 Å². The van der Waals surface area contributed by atoms with Crippen LogP contribution < -0.4 is 5.43 Å². The summed E-state index contributed by atoms with van der Waals surface area (Å²) in [6.07, 6.45) is 1.47. The number of halogens is 1. The number of hydrogen-bond donors (Lipinski definition) is 2. The summed E-state index contributed by atoms with van der Waals surface area (Å²) in [5.74, 6) is -0.105. The Morgan fingerprint density at radius 3 is 2.65 bits per heavy atom. The van der Waals surface area contributed by atoms with Crippen LogP contribution in [0.3, 0.4) is 0 Å². The van der Waals surface area contributed by atoms with Crippen LogP contribution in [-0.2, 0) is 4.79 Å². The van der Waals surface area contributed by atoms with Crippen LogP contribution in [0.15, 0.2) is 70.7 Å². The van der Waals surface area contributed by atoms with Crippen molar-refractivity contribution in [2.24, 2.45) is 5.10 Å². The number of benzene rings is 3. The summed E-state index contributed by atoms with van der Waals surface area (Å²) in [5.41, 5.74) is 3.10. The highest BCUT2D eigenvalue weighted by molar-refractivity contribution is 8.00. The minimum absolute atomic E-state index is 0.116. The lowest BCUT2D eigenvalue weighted by molar-refractivity contribution is -0.120. The average Bonchev–Trinajstić information content (AvgIpc) is 2.65. The molecule has 1 amide bonds. The lowest BCUT2D eigenvalue weighted by Crippen LogP contribution is -2.26. The Morgan fingerprint density at radius 1 is 1.15 bits per heavy atom. The van der Waals surface area contributed by atoms with E-state index in [0.717, 1.165) is 15.7 Å². The van der Waals surface area contributed by atoms with Crippen molar-refractivity contribution in [3.05, 3.63) is 71.2 Å². The number of amides is 1. The van der Waals surface area contributed by atoms with Crippen molar-refractivity contribution in [2.75, 3.05) is 0 Å². The molecule has 3 rings (SSSR count). The Kier molecular flexibility index (Phi) is 5.81. The number of hydrogen-bond acceptors (Lipinski definition) is 4. The van der Waals surface area contributed by atoms with E-state index < -0.39 is 0 Å². The summed E-state index contributed by atoms with van der Waals surface area (Å²) in [7, 11) is 0. The van der Waals surface area contributed by atoms with E-state index >= 15 is 0 Å². The molecule has 0 fully saturated rings. The Bertz CT molecular complexity index is 958. The second-order valence-electron chi connectivity index (χ2n) is 5.67. The topological polar surface area (TPSA) is 61.7 Å². The highest BCUT2D eigenvalue weighted by atomic mass is 35.5. The van der Waals surface area contributed by atoms with Gasteiger partial charge < -0.3 is 5.11 Å². The van der Waals surface area contributed by atoms with Crippen molar-refractivity contribution in [3.63, 3.8) is 0 Å². The maximum absolute atomic E-state index is 12.2. The molecule has 0 heterocycles. The Hall–Kier alpha value is -2.50. The van der Waals surface area contributed by atoms with Gasteiger partial charge in [0.1, 0.15) is 5.75 Å². The molecule has 0 aliphatic heterocycles. The fourth-order valence-electron chi connectivity index (χ4n) is 2.44. The lowest BCUT2D eigenvalue weighted by atomic mass is 10.0. The van der Waals surface area contributed by atoms with Gasteiger partial charge in [0.2, 0.25) is 0 Å². The largest absolute Gasteiger partial charge is 0.507 e. The molecule has 6 heteroatoms. The molecule has 0 saturated heterocycles. The molecule has 0 aromatic heterocycles. The van der Waals surface area contributed by atoms with Crippen LogP contribution in [0.4, 0.5) is 0 Å². The number of rotatable bonds is 5. The van der Waals surface area contributed by atoms with Crippen molar-refractivity contribution < 1.29 is 9.90 Å². The number of hydrazone groups is 1. The second-order valence-corrected chi connectivity index (χ2v) is 7.52. The van der Waals surface area contributed by atoms with Gasteiger partial charge in [-0.05, 0) is 48.0 Å². The number of aromatic hydroxyl groups is 1.